The average Bonchev–Trinajstić information content (AvgIpc) is 2.90. The van der Waals surface area contributed by atoms with Crippen molar-refractivity contribution in [2.45, 2.75) is 47.5 Å². The van der Waals surface area contributed by atoms with Crippen molar-refractivity contribution in [3.63, 3.8) is 0 Å². The van der Waals surface area contributed by atoms with E-state index in [9.17, 15) is 4.79 Å². The third-order valence-corrected chi connectivity index (χ3v) is 6.64. The predicted octanol–water partition coefficient (Wildman–Crippen LogP) is 7.47. The Hall–Kier alpha value is -3.84. The molecule has 4 rings (SSSR count). The van der Waals surface area contributed by atoms with Gasteiger partial charge in [0.25, 0.3) is 5.56 Å². The second-order valence-electron chi connectivity index (χ2n) is 11.3. The fraction of sp³-hybridized carbons (Fsp3) is 0.344. The van der Waals surface area contributed by atoms with Crippen LogP contribution >= 0.6 is 11.6 Å². The van der Waals surface area contributed by atoms with Gasteiger partial charge in [-0.3, -0.25) is 4.79 Å². The van der Waals surface area contributed by atoms with Gasteiger partial charge in [-0.25, -0.2) is 4.98 Å². The van der Waals surface area contributed by atoms with Crippen LogP contribution in [0, 0.1) is 12.3 Å². The summed E-state index contributed by atoms with van der Waals surface area (Å²) in [6, 6.07) is 14.7. The molecule has 1 aromatic heterocycles. The smallest absolute Gasteiger partial charge is 0.282 e. The molecule has 0 bridgehead atoms. The van der Waals surface area contributed by atoms with Gasteiger partial charge in [-0.05, 0) is 59.7 Å². The van der Waals surface area contributed by atoms with Crippen molar-refractivity contribution in [1.82, 2.24) is 9.66 Å². The summed E-state index contributed by atoms with van der Waals surface area (Å²) in [4.78, 5) is 18.7. The summed E-state index contributed by atoms with van der Waals surface area (Å²) in [5, 5.41) is 5.59. The van der Waals surface area contributed by atoms with Crippen molar-refractivity contribution in [1.29, 1.82) is 0 Å². The number of nitrogens with zero attached hydrogens (tertiary/aromatic N) is 3. The van der Waals surface area contributed by atoms with E-state index in [0.717, 1.165) is 22.4 Å². The quantitative estimate of drug-likeness (QED) is 0.208. The first-order valence-corrected chi connectivity index (χ1v) is 13.6. The molecule has 0 amide bonds. The first-order valence-electron chi connectivity index (χ1n) is 13.2. The van der Waals surface area contributed by atoms with Crippen molar-refractivity contribution in [2.24, 2.45) is 10.5 Å². The Morgan fingerprint density at radius 2 is 1.75 bits per heavy atom. The van der Waals surface area contributed by atoms with E-state index in [1.54, 1.807) is 38.6 Å². The number of ether oxygens (including phenoxy) is 3. The van der Waals surface area contributed by atoms with Crippen LogP contribution in [0.1, 0.15) is 57.2 Å². The lowest BCUT2D eigenvalue weighted by Crippen LogP contribution is -2.21. The van der Waals surface area contributed by atoms with Gasteiger partial charge in [0, 0.05) is 22.2 Å². The van der Waals surface area contributed by atoms with Gasteiger partial charge in [-0.15, -0.1) is 0 Å². The summed E-state index contributed by atoms with van der Waals surface area (Å²) in [7, 11) is 3.22. The van der Waals surface area contributed by atoms with Crippen LogP contribution < -0.4 is 19.8 Å². The molecule has 210 valence electrons. The van der Waals surface area contributed by atoms with Gasteiger partial charge in [0.2, 0.25) is 0 Å². The van der Waals surface area contributed by atoms with Crippen molar-refractivity contribution in [2.75, 3.05) is 20.8 Å². The Labute approximate surface area is 240 Å². The standard InChI is InChI=1S/C32H36ClN3O4/c1-19(2)24-16-25(20(3)13-27(24)38-7)30-35-26-12-10-9-11-23(26)31(37)36(30)34-17-21-14-22(33)15-28(39-8)29(21)40-18-32(4,5)6/h9-17,19H,18H2,1-8H3. The van der Waals surface area contributed by atoms with Crippen LogP contribution in [0.4, 0.5) is 0 Å². The molecule has 0 aliphatic rings. The molecule has 0 saturated heterocycles. The number of benzene rings is 3. The van der Waals surface area contributed by atoms with Crippen molar-refractivity contribution < 1.29 is 14.2 Å². The van der Waals surface area contributed by atoms with Crippen LogP contribution in [-0.2, 0) is 0 Å². The third-order valence-electron chi connectivity index (χ3n) is 6.42. The number of methoxy groups -OCH3 is 2. The molecule has 0 spiro atoms. The van der Waals surface area contributed by atoms with Gasteiger partial charge in [-0.1, -0.05) is 58.4 Å². The zero-order chi connectivity index (χ0) is 29.2. The highest BCUT2D eigenvalue weighted by molar-refractivity contribution is 6.31. The molecule has 0 N–H and O–H groups in total. The molecule has 4 aromatic rings. The van der Waals surface area contributed by atoms with E-state index in [2.05, 4.69) is 39.7 Å². The Morgan fingerprint density at radius 1 is 1.05 bits per heavy atom. The Balaban J connectivity index is 1.96. The van der Waals surface area contributed by atoms with Gasteiger partial charge in [0.15, 0.2) is 17.3 Å². The molecule has 0 saturated carbocycles. The molecule has 0 unspecified atom stereocenters. The van der Waals surface area contributed by atoms with Crippen molar-refractivity contribution in [3.05, 3.63) is 80.6 Å². The molecule has 0 atom stereocenters. The Bertz CT molecular complexity index is 1630. The fourth-order valence-corrected chi connectivity index (χ4v) is 4.59. The second-order valence-corrected chi connectivity index (χ2v) is 11.7. The number of para-hydroxylation sites is 1. The number of hydrogen-bond acceptors (Lipinski definition) is 6. The fourth-order valence-electron chi connectivity index (χ4n) is 4.37. The second kappa shape index (κ2) is 11.7. The molecule has 0 fully saturated rings. The van der Waals surface area contributed by atoms with E-state index in [1.807, 2.05) is 37.3 Å². The lowest BCUT2D eigenvalue weighted by Gasteiger charge is -2.21. The zero-order valence-corrected chi connectivity index (χ0v) is 25.1. The largest absolute Gasteiger partial charge is 0.496 e. The van der Waals surface area contributed by atoms with Crippen LogP contribution in [0.3, 0.4) is 0 Å². The molecule has 7 nitrogen and oxygen atoms in total. The van der Waals surface area contributed by atoms with Crippen molar-refractivity contribution in [3.8, 4) is 28.6 Å². The molecule has 3 aromatic carbocycles. The summed E-state index contributed by atoms with van der Waals surface area (Å²) in [6.45, 7) is 12.9. The normalized spacial score (nSPS) is 11.9. The van der Waals surface area contributed by atoms with Crippen LogP contribution in [0.2, 0.25) is 5.02 Å². The van der Waals surface area contributed by atoms with E-state index >= 15 is 0 Å². The van der Waals surface area contributed by atoms with E-state index in [4.69, 9.17) is 30.8 Å². The van der Waals surface area contributed by atoms with E-state index < -0.39 is 0 Å². The summed E-state index contributed by atoms with van der Waals surface area (Å²) in [6.07, 6.45) is 1.57. The first kappa shape index (κ1) is 29.2. The minimum absolute atomic E-state index is 0.0918. The maximum atomic E-state index is 13.8. The number of fused-ring (bicyclic) bond motifs is 1. The van der Waals surface area contributed by atoms with Crippen molar-refractivity contribution >= 4 is 28.7 Å². The highest BCUT2D eigenvalue weighted by Crippen LogP contribution is 2.36. The topological polar surface area (TPSA) is 74.9 Å². The maximum absolute atomic E-state index is 13.8. The molecule has 1 heterocycles. The van der Waals surface area contributed by atoms with Crippen LogP contribution in [0.5, 0.6) is 17.2 Å². The summed E-state index contributed by atoms with van der Waals surface area (Å²) in [5.74, 6) is 2.39. The first-order chi connectivity index (χ1) is 18.9. The van der Waals surface area contributed by atoms with Gasteiger partial charge in [0.1, 0.15) is 5.75 Å². The SMILES string of the molecule is COc1cc(C)c(-c2nc3ccccc3c(=O)n2N=Cc2cc(Cl)cc(OC)c2OCC(C)(C)C)cc1C(C)C. The molecule has 8 heteroatoms. The summed E-state index contributed by atoms with van der Waals surface area (Å²) >= 11 is 6.42. The summed E-state index contributed by atoms with van der Waals surface area (Å²) in [5.41, 5.74) is 3.50. The van der Waals surface area contributed by atoms with Gasteiger partial charge < -0.3 is 14.2 Å². The molecule has 0 aliphatic heterocycles. The number of halogens is 1. The van der Waals surface area contributed by atoms with Crippen LogP contribution in [-0.4, -0.2) is 36.7 Å². The van der Waals surface area contributed by atoms with E-state index in [1.165, 1.54) is 4.68 Å². The van der Waals surface area contributed by atoms with E-state index in [0.29, 0.717) is 45.4 Å². The Kier molecular flexibility index (Phi) is 8.54. The van der Waals surface area contributed by atoms with Gasteiger partial charge in [0.05, 0.1) is 37.9 Å². The molecule has 40 heavy (non-hydrogen) atoms. The third kappa shape index (κ3) is 6.15. The van der Waals surface area contributed by atoms with E-state index in [-0.39, 0.29) is 16.9 Å². The highest BCUT2D eigenvalue weighted by atomic mass is 35.5. The van der Waals surface area contributed by atoms with Gasteiger partial charge >= 0.3 is 0 Å². The summed E-state index contributed by atoms with van der Waals surface area (Å²) < 4.78 is 18.7. The van der Waals surface area contributed by atoms with Crippen LogP contribution in [0.15, 0.2) is 58.4 Å². The lowest BCUT2D eigenvalue weighted by molar-refractivity contribution is 0.191. The number of rotatable bonds is 8. The lowest BCUT2D eigenvalue weighted by atomic mass is 9.96. The number of hydrogen-bond donors (Lipinski definition) is 0. The monoisotopic (exact) mass is 561 g/mol. The molecule has 0 radical (unpaired) electrons. The maximum Gasteiger partial charge on any atom is 0.282 e. The molecule has 0 aliphatic carbocycles. The Morgan fingerprint density at radius 3 is 2.40 bits per heavy atom. The predicted molar refractivity (Wildman–Crippen MR) is 163 cm³/mol. The van der Waals surface area contributed by atoms with Gasteiger partial charge in [-0.2, -0.15) is 9.78 Å². The number of aryl methyl sites for hydroxylation is 1. The highest BCUT2D eigenvalue weighted by Gasteiger charge is 2.20. The average molecular weight is 562 g/mol. The minimum Gasteiger partial charge on any atom is -0.496 e. The zero-order valence-electron chi connectivity index (χ0n) is 24.3. The van der Waals surface area contributed by atoms with Crippen LogP contribution in [0.25, 0.3) is 22.3 Å². The molecular weight excluding hydrogens is 526 g/mol. The number of aromatic nitrogens is 2. The minimum atomic E-state index is -0.288. The molecular formula is C32H36ClN3O4.